The number of carbonyl (C=O) groups is 2. The number of aromatic nitrogens is 1. The molecule has 2 aliphatic rings. The minimum absolute atomic E-state index is 0.0334. The maximum Gasteiger partial charge on any atom is 0.266 e. The summed E-state index contributed by atoms with van der Waals surface area (Å²) in [6, 6.07) is 11.4. The highest BCUT2D eigenvalue weighted by Gasteiger charge is 2.31. The van der Waals surface area contributed by atoms with Gasteiger partial charge in [0.25, 0.3) is 6.43 Å². The number of alkyl halides is 2. The fraction of sp³-hybridized carbons (Fsp3) is 0.452. The van der Waals surface area contributed by atoms with Gasteiger partial charge in [-0.15, -0.1) is 0 Å². The van der Waals surface area contributed by atoms with Crippen LogP contribution in [-0.4, -0.2) is 65.9 Å². The van der Waals surface area contributed by atoms with E-state index in [4.69, 9.17) is 0 Å². The SMILES string of the molecule is CC(=O)N1CCC(C(=O)N2CCN(c3ccc4nc(C)cc(NC(C)c5cccc(C(F)F)c5F)c4c3)CC2)CC1. The Morgan fingerprint density at radius 2 is 1.63 bits per heavy atom. The molecule has 5 rings (SSSR count). The van der Waals surface area contributed by atoms with E-state index in [-0.39, 0.29) is 23.3 Å². The van der Waals surface area contributed by atoms with Crippen LogP contribution in [0.4, 0.5) is 24.5 Å². The van der Waals surface area contributed by atoms with Gasteiger partial charge in [-0.05, 0) is 51.0 Å². The number of fused-ring (bicyclic) bond motifs is 1. The predicted molar refractivity (Wildman–Crippen MR) is 154 cm³/mol. The summed E-state index contributed by atoms with van der Waals surface area (Å²) in [5.41, 5.74) is 2.86. The number of aryl methyl sites for hydroxylation is 1. The van der Waals surface area contributed by atoms with Crippen LogP contribution in [-0.2, 0) is 9.59 Å². The first kappa shape index (κ1) is 28.7. The summed E-state index contributed by atoms with van der Waals surface area (Å²) in [6.07, 6.45) is -1.47. The average Bonchev–Trinajstić information content (AvgIpc) is 2.96. The fourth-order valence-corrected chi connectivity index (χ4v) is 5.93. The van der Waals surface area contributed by atoms with Crippen molar-refractivity contribution in [3.63, 3.8) is 0 Å². The van der Waals surface area contributed by atoms with Crippen LogP contribution >= 0.6 is 0 Å². The maximum atomic E-state index is 14.9. The molecule has 1 aromatic heterocycles. The van der Waals surface area contributed by atoms with E-state index in [1.807, 2.05) is 36.1 Å². The van der Waals surface area contributed by atoms with Gasteiger partial charge in [0.2, 0.25) is 11.8 Å². The highest BCUT2D eigenvalue weighted by molar-refractivity contribution is 5.94. The lowest BCUT2D eigenvalue weighted by Crippen LogP contribution is -2.52. The van der Waals surface area contributed by atoms with Crippen molar-refractivity contribution in [2.24, 2.45) is 5.92 Å². The van der Waals surface area contributed by atoms with Crippen molar-refractivity contribution in [2.75, 3.05) is 49.5 Å². The lowest BCUT2D eigenvalue weighted by atomic mass is 9.95. The summed E-state index contributed by atoms with van der Waals surface area (Å²) >= 11 is 0. The Morgan fingerprint density at radius 1 is 0.951 bits per heavy atom. The van der Waals surface area contributed by atoms with Gasteiger partial charge in [0.15, 0.2) is 0 Å². The van der Waals surface area contributed by atoms with Gasteiger partial charge in [0, 0.05) is 80.1 Å². The van der Waals surface area contributed by atoms with E-state index >= 15 is 0 Å². The van der Waals surface area contributed by atoms with Crippen LogP contribution in [0.5, 0.6) is 0 Å². The third-order valence-electron chi connectivity index (χ3n) is 8.30. The van der Waals surface area contributed by atoms with E-state index in [1.165, 1.54) is 12.1 Å². The number of rotatable bonds is 6. The molecule has 1 unspecified atom stereocenters. The van der Waals surface area contributed by atoms with E-state index < -0.39 is 23.8 Å². The molecule has 0 radical (unpaired) electrons. The molecule has 0 saturated carbocycles. The van der Waals surface area contributed by atoms with Crippen molar-refractivity contribution in [2.45, 2.75) is 46.1 Å². The molecular weight excluding hydrogens is 531 g/mol. The number of amides is 2. The number of nitrogens with one attached hydrogen (secondary N) is 1. The minimum atomic E-state index is -2.88. The molecule has 3 heterocycles. The summed E-state index contributed by atoms with van der Waals surface area (Å²) in [5.74, 6) is -0.690. The van der Waals surface area contributed by atoms with Crippen molar-refractivity contribution in [3.8, 4) is 0 Å². The van der Waals surface area contributed by atoms with E-state index in [9.17, 15) is 22.8 Å². The lowest BCUT2D eigenvalue weighted by molar-refractivity contribution is -0.140. The molecular formula is C31H36F3N5O2. The number of hydrogen-bond acceptors (Lipinski definition) is 5. The fourth-order valence-electron chi connectivity index (χ4n) is 5.93. The molecule has 41 heavy (non-hydrogen) atoms. The van der Waals surface area contributed by atoms with E-state index in [0.29, 0.717) is 52.1 Å². The second-order valence-electron chi connectivity index (χ2n) is 11.0. The van der Waals surface area contributed by atoms with Gasteiger partial charge in [-0.3, -0.25) is 14.6 Å². The van der Waals surface area contributed by atoms with Gasteiger partial charge < -0.3 is 20.0 Å². The van der Waals surface area contributed by atoms with Gasteiger partial charge in [-0.2, -0.15) is 0 Å². The van der Waals surface area contributed by atoms with Crippen LogP contribution in [0.3, 0.4) is 0 Å². The number of piperidine rings is 1. The van der Waals surface area contributed by atoms with Crippen LogP contribution in [0, 0.1) is 18.7 Å². The van der Waals surface area contributed by atoms with Crippen LogP contribution in [0.15, 0.2) is 42.5 Å². The second kappa shape index (κ2) is 12.0. The van der Waals surface area contributed by atoms with Gasteiger partial charge in [0.1, 0.15) is 5.82 Å². The molecule has 0 spiro atoms. The van der Waals surface area contributed by atoms with Gasteiger partial charge in [0.05, 0.1) is 17.1 Å². The highest BCUT2D eigenvalue weighted by atomic mass is 19.3. The molecule has 2 amide bonds. The number of benzene rings is 2. The quantitative estimate of drug-likeness (QED) is 0.414. The number of anilines is 2. The van der Waals surface area contributed by atoms with Crippen molar-refractivity contribution >= 4 is 34.1 Å². The Kier molecular flexibility index (Phi) is 8.37. The minimum Gasteiger partial charge on any atom is -0.378 e. The number of carbonyl (C=O) groups excluding carboxylic acids is 2. The summed E-state index contributed by atoms with van der Waals surface area (Å²) in [5, 5.41) is 4.17. The zero-order valence-corrected chi connectivity index (χ0v) is 23.7. The molecule has 2 aliphatic heterocycles. The van der Waals surface area contributed by atoms with Crippen molar-refractivity contribution in [1.82, 2.24) is 14.8 Å². The highest BCUT2D eigenvalue weighted by Crippen LogP contribution is 2.33. The van der Waals surface area contributed by atoms with E-state index in [1.54, 1.807) is 18.7 Å². The Labute approximate surface area is 238 Å². The number of halogens is 3. The topological polar surface area (TPSA) is 68.8 Å². The molecule has 7 nitrogen and oxygen atoms in total. The molecule has 3 aromatic rings. The molecule has 0 aliphatic carbocycles. The number of pyridine rings is 1. The number of nitrogens with zero attached hydrogens (tertiary/aromatic N) is 4. The largest absolute Gasteiger partial charge is 0.378 e. The standard InChI is InChI=1S/C31H36F3N5O2/c1-19-17-28(36-20(2)24-5-4-6-25(29(24)32)30(33)34)26-18-23(7-8-27(26)35-19)38-13-15-39(16-14-38)31(41)22-9-11-37(12-10-22)21(3)40/h4-8,17-18,20,22,30H,9-16H2,1-3H3,(H,35,36). The molecule has 10 heteroatoms. The van der Waals surface area contributed by atoms with Crippen LogP contribution in [0.25, 0.3) is 10.9 Å². The Morgan fingerprint density at radius 3 is 2.29 bits per heavy atom. The third-order valence-corrected chi connectivity index (χ3v) is 8.30. The first-order valence-electron chi connectivity index (χ1n) is 14.2. The maximum absolute atomic E-state index is 14.9. The Bertz CT molecular complexity index is 1430. The third kappa shape index (κ3) is 6.11. The lowest BCUT2D eigenvalue weighted by Gasteiger charge is -2.39. The summed E-state index contributed by atoms with van der Waals surface area (Å²) in [4.78, 5) is 35.4. The molecule has 2 saturated heterocycles. The molecule has 0 bridgehead atoms. The molecule has 2 aromatic carbocycles. The average molecular weight is 568 g/mol. The predicted octanol–water partition coefficient (Wildman–Crippen LogP) is 5.70. The molecule has 1 atom stereocenters. The van der Waals surface area contributed by atoms with Crippen LogP contribution < -0.4 is 10.2 Å². The number of likely N-dealkylation sites (tertiary alicyclic amines) is 1. The van der Waals surface area contributed by atoms with Crippen molar-refractivity contribution in [3.05, 3.63) is 65.1 Å². The van der Waals surface area contributed by atoms with E-state index in [0.717, 1.165) is 34.0 Å². The van der Waals surface area contributed by atoms with Crippen LogP contribution in [0.1, 0.15) is 56.0 Å². The summed E-state index contributed by atoms with van der Waals surface area (Å²) in [6.45, 7) is 9.09. The summed E-state index contributed by atoms with van der Waals surface area (Å²) < 4.78 is 41.4. The second-order valence-corrected chi connectivity index (χ2v) is 11.0. The van der Waals surface area contributed by atoms with E-state index in [2.05, 4.69) is 15.2 Å². The number of piperazine rings is 1. The normalized spacial score (nSPS) is 17.3. The zero-order chi connectivity index (χ0) is 29.3. The molecule has 218 valence electrons. The number of hydrogen-bond donors (Lipinski definition) is 1. The van der Waals surface area contributed by atoms with Crippen LogP contribution in [0.2, 0.25) is 0 Å². The smallest absolute Gasteiger partial charge is 0.266 e. The molecule has 1 N–H and O–H groups in total. The van der Waals surface area contributed by atoms with Crippen molar-refractivity contribution in [1.29, 1.82) is 0 Å². The monoisotopic (exact) mass is 567 g/mol. The Balaban J connectivity index is 1.29. The van der Waals surface area contributed by atoms with Crippen molar-refractivity contribution < 1.29 is 22.8 Å². The first-order valence-corrected chi connectivity index (χ1v) is 14.2. The zero-order valence-electron chi connectivity index (χ0n) is 23.7. The Hall–Kier alpha value is -3.82. The molecule has 2 fully saturated rings. The summed E-state index contributed by atoms with van der Waals surface area (Å²) in [7, 11) is 0. The van der Waals surface area contributed by atoms with Gasteiger partial charge in [-0.25, -0.2) is 13.2 Å². The van der Waals surface area contributed by atoms with Gasteiger partial charge in [-0.1, -0.05) is 18.2 Å². The van der Waals surface area contributed by atoms with Gasteiger partial charge >= 0.3 is 0 Å². The first-order chi connectivity index (χ1) is 19.6.